The maximum Gasteiger partial charge on any atom is 0.387 e. The lowest BCUT2D eigenvalue weighted by molar-refractivity contribution is -0.0523. The van der Waals surface area contributed by atoms with Crippen molar-refractivity contribution in [2.75, 3.05) is 11.9 Å². The van der Waals surface area contributed by atoms with Crippen molar-refractivity contribution < 1.29 is 27.1 Å². The molecule has 0 fully saturated rings. The molecule has 11 heteroatoms. The van der Waals surface area contributed by atoms with E-state index in [0.717, 1.165) is 0 Å². The molecule has 2 rings (SSSR count). The molecular formula is C13H13F4N5O2. The number of halogens is 4. The molecule has 1 aromatic carbocycles. The van der Waals surface area contributed by atoms with E-state index < -0.39 is 35.7 Å². The zero-order chi connectivity index (χ0) is 17.5. The number of H-pyrrole nitrogens is 1. The number of aromatic nitrogens is 3. The fourth-order valence-corrected chi connectivity index (χ4v) is 1.79. The highest BCUT2D eigenvalue weighted by atomic mass is 19.3. The Bertz CT molecular complexity index is 681. The first-order chi connectivity index (χ1) is 11.5. The van der Waals surface area contributed by atoms with Gasteiger partial charge >= 0.3 is 12.6 Å². The first kappa shape index (κ1) is 17.5. The summed E-state index contributed by atoms with van der Waals surface area (Å²) < 4.78 is 55.0. The van der Waals surface area contributed by atoms with Crippen molar-refractivity contribution in [2.24, 2.45) is 0 Å². The van der Waals surface area contributed by atoms with Crippen molar-refractivity contribution in [3.63, 3.8) is 0 Å². The van der Waals surface area contributed by atoms with Crippen LogP contribution in [0.1, 0.15) is 12.2 Å². The van der Waals surface area contributed by atoms with Gasteiger partial charge in [0.25, 0.3) is 0 Å². The topological polar surface area (TPSA) is 91.9 Å². The SMILES string of the molecule is O=C(NCCCc1ncn[nH]1)Nc1cc(F)c(OC(F)F)cc1F. The maximum absolute atomic E-state index is 13.7. The van der Waals surface area contributed by atoms with E-state index in [1.807, 2.05) is 0 Å². The Morgan fingerprint density at radius 1 is 1.29 bits per heavy atom. The number of nitrogens with one attached hydrogen (secondary N) is 3. The third kappa shape index (κ3) is 5.11. The molecule has 3 N–H and O–H groups in total. The van der Waals surface area contributed by atoms with Gasteiger partial charge in [0.1, 0.15) is 12.2 Å². The van der Waals surface area contributed by atoms with Crippen LogP contribution in [-0.2, 0) is 6.42 Å². The first-order valence-electron chi connectivity index (χ1n) is 6.78. The standard InChI is InChI=1S/C13H13F4N5O2/c14-7-5-10(24-12(16)17)8(15)4-9(7)21-13(23)18-3-1-2-11-19-6-20-22-11/h4-6,12H,1-3H2,(H2,18,21,23)(H,19,20,22). The molecule has 7 nitrogen and oxygen atoms in total. The van der Waals surface area contributed by atoms with Gasteiger partial charge in [0, 0.05) is 25.1 Å². The Morgan fingerprint density at radius 3 is 2.75 bits per heavy atom. The lowest BCUT2D eigenvalue weighted by atomic mass is 10.2. The van der Waals surface area contributed by atoms with Gasteiger partial charge in [0.15, 0.2) is 17.4 Å². The molecular weight excluding hydrogens is 334 g/mol. The van der Waals surface area contributed by atoms with Crippen LogP contribution in [-0.4, -0.2) is 34.4 Å². The molecule has 2 aromatic rings. The van der Waals surface area contributed by atoms with E-state index in [1.165, 1.54) is 6.33 Å². The van der Waals surface area contributed by atoms with Crippen LogP contribution < -0.4 is 15.4 Å². The number of benzene rings is 1. The summed E-state index contributed by atoms with van der Waals surface area (Å²) in [7, 11) is 0. The van der Waals surface area contributed by atoms with Crippen molar-refractivity contribution in [1.82, 2.24) is 20.5 Å². The van der Waals surface area contributed by atoms with Gasteiger partial charge in [0.2, 0.25) is 0 Å². The number of alkyl halides is 2. The Kier molecular flexibility index (Phi) is 5.93. The summed E-state index contributed by atoms with van der Waals surface area (Å²) in [6, 6.07) is 0.218. The Balaban J connectivity index is 1.83. The lowest BCUT2D eigenvalue weighted by Crippen LogP contribution is -2.30. The number of nitrogens with zero attached hydrogens (tertiary/aromatic N) is 2. The number of aromatic amines is 1. The summed E-state index contributed by atoms with van der Waals surface area (Å²) in [5.74, 6) is -2.62. The average Bonchev–Trinajstić information content (AvgIpc) is 3.01. The summed E-state index contributed by atoms with van der Waals surface area (Å²) in [6.07, 6.45) is 2.44. The highest BCUT2D eigenvalue weighted by Crippen LogP contribution is 2.26. The second kappa shape index (κ2) is 8.13. The van der Waals surface area contributed by atoms with E-state index in [4.69, 9.17) is 0 Å². The van der Waals surface area contributed by atoms with Gasteiger partial charge in [-0.3, -0.25) is 5.10 Å². The smallest absolute Gasteiger partial charge is 0.387 e. The number of urea groups is 1. The van der Waals surface area contributed by atoms with Crippen LogP contribution >= 0.6 is 0 Å². The highest BCUT2D eigenvalue weighted by molar-refractivity contribution is 5.89. The van der Waals surface area contributed by atoms with Crippen molar-refractivity contribution in [1.29, 1.82) is 0 Å². The highest BCUT2D eigenvalue weighted by Gasteiger charge is 2.16. The van der Waals surface area contributed by atoms with Gasteiger partial charge in [-0.05, 0) is 6.42 Å². The molecule has 0 aliphatic carbocycles. The molecule has 0 atom stereocenters. The van der Waals surface area contributed by atoms with Crippen LogP contribution in [0.3, 0.4) is 0 Å². The van der Waals surface area contributed by atoms with E-state index in [-0.39, 0.29) is 6.54 Å². The largest absolute Gasteiger partial charge is 0.432 e. The number of aryl methyl sites for hydroxylation is 1. The van der Waals surface area contributed by atoms with E-state index >= 15 is 0 Å². The molecule has 2 amide bonds. The third-order valence-electron chi connectivity index (χ3n) is 2.83. The molecule has 0 unspecified atom stereocenters. The predicted octanol–water partition coefficient (Wildman–Crippen LogP) is 2.44. The third-order valence-corrected chi connectivity index (χ3v) is 2.83. The normalized spacial score (nSPS) is 10.7. The van der Waals surface area contributed by atoms with Crippen LogP contribution in [0.5, 0.6) is 5.75 Å². The average molecular weight is 347 g/mol. The summed E-state index contributed by atoms with van der Waals surface area (Å²) in [5.41, 5.74) is -0.498. The van der Waals surface area contributed by atoms with E-state index in [0.29, 0.717) is 30.8 Å². The Morgan fingerprint density at radius 2 is 2.08 bits per heavy atom. The van der Waals surface area contributed by atoms with Gasteiger partial charge < -0.3 is 15.4 Å². The van der Waals surface area contributed by atoms with Crippen LogP contribution in [0, 0.1) is 11.6 Å². The number of rotatable bonds is 7. The van der Waals surface area contributed by atoms with Gasteiger partial charge in [0.05, 0.1) is 5.69 Å². The number of hydrogen-bond donors (Lipinski definition) is 3. The Hall–Kier alpha value is -2.85. The lowest BCUT2D eigenvalue weighted by Gasteiger charge is -2.11. The quantitative estimate of drug-likeness (QED) is 0.530. The van der Waals surface area contributed by atoms with Crippen LogP contribution in [0.4, 0.5) is 28.0 Å². The van der Waals surface area contributed by atoms with Crippen LogP contribution in [0.15, 0.2) is 18.5 Å². The molecule has 0 spiro atoms. The minimum absolute atomic E-state index is 0.253. The number of carbonyl (C=O) groups is 1. The van der Waals surface area contributed by atoms with E-state index in [2.05, 4.69) is 30.6 Å². The molecule has 0 saturated heterocycles. The molecule has 24 heavy (non-hydrogen) atoms. The molecule has 0 aliphatic heterocycles. The second-order valence-corrected chi connectivity index (χ2v) is 4.56. The van der Waals surface area contributed by atoms with Gasteiger partial charge in [-0.25, -0.2) is 18.6 Å². The molecule has 1 heterocycles. The number of ether oxygens (including phenoxy) is 1. The van der Waals surface area contributed by atoms with Gasteiger partial charge in [-0.2, -0.15) is 13.9 Å². The fourth-order valence-electron chi connectivity index (χ4n) is 1.79. The minimum atomic E-state index is -3.29. The van der Waals surface area contributed by atoms with Crippen molar-refractivity contribution in [2.45, 2.75) is 19.5 Å². The van der Waals surface area contributed by atoms with E-state index in [1.54, 1.807) is 0 Å². The second-order valence-electron chi connectivity index (χ2n) is 4.56. The first-order valence-corrected chi connectivity index (χ1v) is 6.78. The number of hydrogen-bond acceptors (Lipinski definition) is 4. The summed E-state index contributed by atoms with van der Waals surface area (Å²) in [5, 5.41) is 10.8. The van der Waals surface area contributed by atoms with Crippen molar-refractivity contribution in [3.8, 4) is 5.75 Å². The van der Waals surface area contributed by atoms with Crippen molar-refractivity contribution >= 4 is 11.7 Å². The summed E-state index contributed by atoms with van der Waals surface area (Å²) in [4.78, 5) is 15.5. The fraction of sp³-hybridized carbons (Fsp3) is 0.308. The number of carbonyl (C=O) groups excluding carboxylic acids is 1. The summed E-state index contributed by atoms with van der Waals surface area (Å²) >= 11 is 0. The summed E-state index contributed by atoms with van der Waals surface area (Å²) in [6.45, 7) is -3.03. The molecule has 0 radical (unpaired) electrons. The van der Waals surface area contributed by atoms with E-state index in [9.17, 15) is 22.4 Å². The van der Waals surface area contributed by atoms with Crippen molar-refractivity contribution in [3.05, 3.63) is 35.9 Å². The molecule has 0 aliphatic rings. The zero-order valence-corrected chi connectivity index (χ0v) is 12.2. The van der Waals surface area contributed by atoms with Crippen LogP contribution in [0.2, 0.25) is 0 Å². The molecule has 0 saturated carbocycles. The molecule has 130 valence electrons. The van der Waals surface area contributed by atoms with Crippen LogP contribution in [0.25, 0.3) is 0 Å². The molecule has 1 aromatic heterocycles. The minimum Gasteiger partial charge on any atom is -0.432 e. The monoisotopic (exact) mass is 347 g/mol. The number of anilines is 1. The molecule has 0 bridgehead atoms. The zero-order valence-electron chi connectivity index (χ0n) is 12.2. The maximum atomic E-state index is 13.7. The number of amides is 2. The Labute approximate surface area is 133 Å². The predicted molar refractivity (Wildman–Crippen MR) is 74.7 cm³/mol. The van der Waals surface area contributed by atoms with Gasteiger partial charge in [-0.1, -0.05) is 0 Å². The van der Waals surface area contributed by atoms with Gasteiger partial charge in [-0.15, -0.1) is 0 Å².